The highest BCUT2D eigenvalue weighted by Gasteiger charge is 2.31. The molecular weight excluding hydrogens is 300 g/mol. The minimum absolute atomic E-state index is 0.0626. The van der Waals surface area contributed by atoms with E-state index in [1.54, 1.807) is 6.92 Å². The SMILES string of the molecule is CCS(=O)(=O)N1CCCC(C(=O)N[C@H](C)c2ccccc2)C1. The summed E-state index contributed by atoms with van der Waals surface area (Å²) in [7, 11) is -3.21. The maximum Gasteiger partial charge on any atom is 0.224 e. The molecule has 0 aliphatic carbocycles. The summed E-state index contributed by atoms with van der Waals surface area (Å²) in [6.07, 6.45) is 1.47. The molecule has 0 radical (unpaired) electrons. The molecule has 1 heterocycles. The minimum atomic E-state index is -3.21. The van der Waals surface area contributed by atoms with Gasteiger partial charge in [-0.05, 0) is 32.3 Å². The maximum absolute atomic E-state index is 12.4. The van der Waals surface area contributed by atoms with Crippen LogP contribution in [0.2, 0.25) is 0 Å². The summed E-state index contributed by atoms with van der Waals surface area (Å²) in [4.78, 5) is 12.4. The number of nitrogens with zero attached hydrogens (tertiary/aromatic N) is 1. The lowest BCUT2D eigenvalue weighted by Crippen LogP contribution is -2.46. The van der Waals surface area contributed by atoms with Crippen LogP contribution in [-0.4, -0.2) is 37.5 Å². The molecule has 2 rings (SSSR count). The molecule has 0 aromatic heterocycles. The monoisotopic (exact) mass is 324 g/mol. The first-order valence-corrected chi connectivity index (χ1v) is 9.38. The zero-order chi connectivity index (χ0) is 16.2. The van der Waals surface area contributed by atoms with Gasteiger partial charge < -0.3 is 5.32 Å². The number of rotatable bonds is 5. The summed E-state index contributed by atoms with van der Waals surface area (Å²) in [5.41, 5.74) is 1.05. The van der Waals surface area contributed by atoms with Gasteiger partial charge in [0.1, 0.15) is 0 Å². The lowest BCUT2D eigenvalue weighted by molar-refractivity contribution is -0.126. The predicted octanol–water partition coefficient (Wildman–Crippen LogP) is 1.93. The molecule has 1 fully saturated rings. The van der Waals surface area contributed by atoms with E-state index < -0.39 is 10.0 Å². The number of hydrogen-bond donors (Lipinski definition) is 1. The molecule has 5 nitrogen and oxygen atoms in total. The van der Waals surface area contributed by atoms with Crippen molar-refractivity contribution in [1.82, 2.24) is 9.62 Å². The Morgan fingerprint density at radius 2 is 2.05 bits per heavy atom. The van der Waals surface area contributed by atoms with E-state index in [0.717, 1.165) is 18.4 Å². The third-order valence-electron chi connectivity index (χ3n) is 4.17. The molecule has 6 heteroatoms. The van der Waals surface area contributed by atoms with Crippen molar-refractivity contribution in [3.63, 3.8) is 0 Å². The second-order valence-electron chi connectivity index (χ2n) is 5.74. The number of nitrogens with one attached hydrogen (secondary N) is 1. The molecule has 22 heavy (non-hydrogen) atoms. The van der Waals surface area contributed by atoms with E-state index in [9.17, 15) is 13.2 Å². The average Bonchev–Trinajstić information content (AvgIpc) is 2.55. The van der Waals surface area contributed by atoms with Gasteiger partial charge in [-0.2, -0.15) is 0 Å². The number of benzene rings is 1. The van der Waals surface area contributed by atoms with Gasteiger partial charge in [0.05, 0.1) is 17.7 Å². The van der Waals surface area contributed by atoms with Crippen molar-refractivity contribution in [3.05, 3.63) is 35.9 Å². The van der Waals surface area contributed by atoms with Crippen molar-refractivity contribution < 1.29 is 13.2 Å². The van der Waals surface area contributed by atoms with Crippen molar-refractivity contribution in [2.24, 2.45) is 5.92 Å². The molecule has 1 saturated heterocycles. The Hall–Kier alpha value is -1.40. The molecule has 0 spiro atoms. The molecule has 1 aliphatic rings. The van der Waals surface area contributed by atoms with E-state index in [0.29, 0.717) is 13.1 Å². The highest BCUT2D eigenvalue weighted by Crippen LogP contribution is 2.21. The van der Waals surface area contributed by atoms with Gasteiger partial charge in [0, 0.05) is 13.1 Å². The molecular formula is C16H24N2O3S. The molecule has 122 valence electrons. The Labute approximate surface area is 132 Å². The number of carbonyl (C=O) groups is 1. The molecule has 0 bridgehead atoms. The minimum Gasteiger partial charge on any atom is -0.349 e. The first kappa shape index (κ1) is 17.0. The van der Waals surface area contributed by atoms with Crippen molar-refractivity contribution in [1.29, 1.82) is 0 Å². The first-order chi connectivity index (χ1) is 10.4. The molecule has 1 N–H and O–H groups in total. The van der Waals surface area contributed by atoms with E-state index in [1.165, 1.54) is 4.31 Å². The fourth-order valence-corrected chi connectivity index (χ4v) is 3.93. The van der Waals surface area contributed by atoms with E-state index in [1.807, 2.05) is 37.3 Å². The van der Waals surface area contributed by atoms with Gasteiger partial charge in [-0.3, -0.25) is 4.79 Å². The van der Waals surface area contributed by atoms with Crippen LogP contribution in [-0.2, 0) is 14.8 Å². The molecule has 1 amide bonds. The first-order valence-electron chi connectivity index (χ1n) is 7.77. The third-order valence-corrected chi connectivity index (χ3v) is 6.02. The molecule has 2 atom stereocenters. The molecule has 1 unspecified atom stereocenters. The van der Waals surface area contributed by atoms with Crippen LogP contribution >= 0.6 is 0 Å². The molecule has 1 aliphatic heterocycles. The molecule has 0 saturated carbocycles. The Morgan fingerprint density at radius 1 is 1.36 bits per heavy atom. The smallest absolute Gasteiger partial charge is 0.224 e. The van der Waals surface area contributed by atoms with E-state index >= 15 is 0 Å². The van der Waals surface area contributed by atoms with E-state index in [-0.39, 0.29) is 23.6 Å². The number of sulfonamides is 1. The topological polar surface area (TPSA) is 66.5 Å². The number of hydrogen-bond acceptors (Lipinski definition) is 3. The van der Waals surface area contributed by atoms with Crippen LogP contribution in [0.25, 0.3) is 0 Å². The third kappa shape index (κ3) is 4.08. The second kappa shape index (κ2) is 7.24. The Kier molecular flexibility index (Phi) is 5.58. The van der Waals surface area contributed by atoms with Crippen molar-refractivity contribution in [3.8, 4) is 0 Å². The molecule has 1 aromatic rings. The summed E-state index contributed by atoms with van der Waals surface area (Å²) in [6.45, 7) is 4.39. The van der Waals surface area contributed by atoms with Crippen LogP contribution in [0, 0.1) is 5.92 Å². The number of piperidine rings is 1. The summed E-state index contributed by atoms with van der Waals surface area (Å²) in [5, 5.41) is 3.00. The zero-order valence-corrected chi connectivity index (χ0v) is 14.0. The van der Waals surface area contributed by atoms with E-state index in [2.05, 4.69) is 5.32 Å². The van der Waals surface area contributed by atoms with Gasteiger partial charge >= 0.3 is 0 Å². The Morgan fingerprint density at radius 3 is 2.68 bits per heavy atom. The summed E-state index contributed by atoms with van der Waals surface area (Å²) >= 11 is 0. The fraction of sp³-hybridized carbons (Fsp3) is 0.562. The summed E-state index contributed by atoms with van der Waals surface area (Å²) in [6, 6.07) is 9.68. The highest BCUT2D eigenvalue weighted by atomic mass is 32.2. The summed E-state index contributed by atoms with van der Waals surface area (Å²) in [5.74, 6) is -0.240. The predicted molar refractivity (Wildman–Crippen MR) is 86.8 cm³/mol. The maximum atomic E-state index is 12.4. The van der Waals surface area contributed by atoms with Crippen LogP contribution in [0.4, 0.5) is 0 Å². The van der Waals surface area contributed by atoms with Gasteiger partial charge in [-0.1, -0.05) is 30.3 Å². The van der Waals surface area contributed by atoms with Crippen LogP contribution < -0.4 is 5.32 Å². The normalized spacial score (nSPS) is 21.3. The van der Waals surface area contributed by atoms with Crippen molar-refractivity contribution in [2.75, 3.05) is 18.8 Å². The van der Waals surface area contributed by atoms with Gasteiger partial charge in [0.2, 0.25) is 15.9 Å². The Bertz CT molecular complexity index is 601. The summed E-state index contributed by atoms with van der Waals surface area (Å²) < 4.78 is 25.4. The lowest BCUT2D eigenvalue weighted by atomic mass is 9.98. The van der Waals surface area contributed by atoms with Crippen molar-refractivity contribution in [2.45, 2.75) is 32.7 Å². The standard InChI is InChI=1S/C16H24N2O3S/c1-3-22(20,21)18-11-7-10-15(12-18)16(19)17-13(2)14-8-5-4-6-9-14/h4-6,8-9,13,15H,3,7,10-12H2,1-2H3,(H,17,19)/t13-,15?/m1/s1. The van der Waals surface area contributed by atoms with Gasteiger partial charge in [-0.15, -0.1) is 0 Å². The Balaban J connectivity index is 1.98. The van der Waals surface area contributed by atoms with Crippen molar-refractivity contribution >= 4 is 15.9 Å². The van der Waals surface area contributed by atoms with Gasteiger partial charge in [0.15, 0.2) is 0 Å². The second-order valence-corrected chi connectivity index (χ2v) is 8.00. The van der Waals surface area contributed by atoms with E-state index in [4.69, 9.17) is 0 Å². The fourth-order valence-electron chi connectivity index (χ4n) is 2.75. The number of carbonyl (C=O) groups excluding carboxylic acids is 1. The van der Waals surface area contributed by atoms with Gasteiger partial charge in [0.25, 0.3) is 0 Å². The highest BCUT2D eigenvalue weighted by molar-refractivity contribution is 7.89. The van der Waals surface area contributed by atoms with Gasteiger partial charge in [-0.25, -0.2) is 12.7 Å². The van der Waals surface area contributed by atoms with Crippen LogP contribution in [0.3, 0.4) is 0 Å². The molecule has 1 aromatic carbocycles. The van der Waals surface area contributed by atoms with Crippen LogP contribution in [0.1, 0.15) is 38.3 Å². The average molecular weight is 324 g/mol. The van der Waals surface area contributed by atoms with Crippen LogP contribution in [0.5, 0.6) is 0 Å². The largest absolute Gasteiger partial charge is 0.349 e. The quantitative estimate of drug-likeness (QED) is 0.900. The van der Waals surface area contributed by atoms with Crippen LogP contribution in [0.15, 0.2) is 30.3 Å². The number of amides is 1. The zero-order valence-electron chi connectivity index (χ0n) is 13.2. The lowest BCUT2D eigenvalue weighted by Gasteiger charge is -2.31.